The molecule has 0 saturated carbocycles. The van der Waals surface area contributed by atoms with E-state index < -0.39 is 0 Å². The average molecular weight is 965 g/mol. The topological polar surface area (TPSA) is 40.6 Å². The Kier molecular flexibility index (Phi) is 22.6. The van der Waals surface area contributed by atoms with Crippen LogP contribution in [0.5, 0.6) is 0 Å². The molecule has 0 atom stereocenters. The number of nitrogens with zero attached hydrogens (tertiary/aromatic N) is 2. The zero-order valence-corrected chi connectivity index (χ0v) is 43.1. The Morgan fingerprint density at radius 2 is 0.776 bits per heavy atom. The van der Waals surface area contributed by atoms with Crippen molar-refractivity contribution in [1.82, 2.24) is 9.80 Å². The molecule has 58 heavy (non-hydrogen) atoms. The number of carbonyl (C=O) groups excluding carboxylic acids is 2. The van der Waals surface area contributed by atoms with E-state index in [1.165, 1.54) is 103 Å². The third-order valence-electron chi connectivity index (χ3n) is 12.8. The molecule has 0 fully saturated rings. The fourth-order valence-electron chi connectivity index (χ4n) is 7.75. The molecule has 4 nitrogen and oxygen atoms in total. The van der Waals surface area contributed by atoms with E-state index in [4.69, 9.17) is 0 Å². The molecule has 2 aromatic heterocycles. The van der Waals surface area contributed by atoms with Gasteiger partial charge in [-0.2, -0.15) is 0 Å². The molecule has 0 unspecified atom stereocenters. The highest BCUT2D eigenvalue weighted by molar-refractivity contribution is 9.11. The van der Waals surface area contributed by atoms with Crippen molar-refractivity contribution in [3.63, 3.8) is 0 Å². The number of fused-ring (bicyclic) bond motifs is 1. The van der Waals surface area contributed by atoms with Gasteiger partial charge in [0.05, 0.1) is 39.9 Å². The Bertz CT molecular complexity index is 1460. The highest BCUT2D eigenvalue weighted by Crippen LogP contribution is 2.50. The predicted octanol–water partition coefficient (Wildman–Crippen LogP) is 17.3. The fourth-order valence-corrected chi connectivity index (χ4v) is 10.6. The summed E-state index contributed by atoms with van der Waals surface area (Å²) in [6.07, 6.45) is 24.3. The maximum absolute atomic E-state index is 15.0. The van der Waals surface area contributed by atoms with Gasteiger partial charge in [-0.3, -0.25) is 9.59 Å². The number of hydrogen-bond acceptors (Lipinski definition) is 4. The fraction of sp³-hybridized carbons (Fsp3) is 0.720. The van der Waals surface area contributed by atoms with Crippen molar-refractivity contribution in [3.05, 3.63) is 52.7 Å². The van der Waals surface area contributed by atoms with E-state index in [2.05, 4.69) is 125 Å². The second-order valence-corrected chi connectivity index (χ2v) is 24.0. The molecule has 0 N–H and O–H groups in total. The molecule has 0 aliphatic carbocycles. The number of halogens is 2. The summed E-state index contributed by atoms with van der Waals surface area (Å²) >= 11 is 10.7. The van der Waals surface area contributed by atoms with Gasteiger partial charge in [-0.1, -0.05) is 172 Å². The highest BCUT2D eigenvalue weighted by Gasteiger charge is 2.50. The number of carbonyl (C=O) groups is 2. The van der Waals surface area contributed by atoms with E-state index in [9.17, 15) is 9.59 Å². The largest absolute Gasteiger partial charge is 0.306 e. The smallest absolute Gasteiger partial charge is 0.261 e. The van der Waals surface area contributed by atoms with Crippen molar-refractivity contribution in [2.45, 2.75) is 198 Å². The third kappa shape index (κ3) is 15.3. The average Bonchev–Trinajstić information content (AvgIpc) is 3.92. The molecule has 0 radical (unpaired) electrons. The number of thiophene rings is 2. The minimum absolute atomic E-state index is 0.0180. The van der Waals surface area contributed by atoms with Crippen LogP contribution in [0.25, 0.3) is 11.4 Å². The van der Waals surface area contributed by atoms with Gasteiger partial charge in [0, 0.05) is 13.1 Å². The van der Waals surface area contributed by atoms with E-state index in [1.807, 2.05) is 9.80 Å². The van der Waals surface area contributed by atoms with Gasteiger partial charge in [0.15, 0.2) is 0 Å². The zero-order chi connectivity index (χ0) is 42.9. The van der Waals surface area contributed by atoms with Gasteiger partial charge in [-0.05, 0) is 104 Å². The second-order valence-electron chi connectivity index (χ2n) is 19.1. The van der Waals surface area contributed by atoms with Crippen LogP contribution in [-0.2, 0) is 9.59 Å². The summed E-state index contributed by atoms with van der Waals surface area (Å²) in [7, 11) is 0. The molecular weight excluding hydrogens is 885 g/mol. The van der Waals surface area contributed by atoms with Crippen molar-refractivity contribution in [1.29, 1.82) is 0 Å². The lowest BCUT2D eigenvalue weighted by Gasteiger charge is -2.34. The number of hydrogen-bond donors (Lipinski definition) is 0. The molecule has 0 spiro atoms. The maximum atomic E-state index is 15.0. The lowest BCUT2D eigenvalue weighted by Crippen LogP contribution is -2.34. The Balaban J connectivity index is 0.00000101. The zero-order valence-electron chi connectivity index (χ0n) is 38.3. The molecule has 0 saturated heterocycles. The Morgan fingerprint density at radius 3 is 1.00 bits per heavy atom. The van der Waals surface area contributed by atoms with Gasteiger partial charge in [0.2, 0.25) is 0 Å². The summed E-state index contributed by atoms with van der Waals surface area (Å²) < 4.78 is 2.04. The third-order valence-corrected chi connectivity index (χ3v) is 16.1. The van der Waals surface area contributed by atoms with Crippen molar-refractivity contribution in [2.24, 2.45) is 22.7 Å². The first kappa shape index (κ1) is 51.1. The number of amides is 2. The van der Waals surface area contributed by atoms with Crippen molar-refractivity contribution < 1.29 is 9.59 Å². The highest BCUT2D eigenvalue weighted by atomic mass is 79.9. The Labute approximate surface area is 380 Å². The quantitative estimate of drug-likeness (QED) is 0.0882. The van der Waals surface area contributed by atoms with Gasteiger partial charge in [0.1, 0.15) is 0 Å². The van der Waals surface area contributed by atoms with Gasteiger partial charge in [-0.15, -0.1) is 22.7 Å². The lowest BCUT2D eigenvalue weighted by molar-refractivity contribution is -0.124. The van der Waals surface area contributed by atoms with Crippen molar-refractivity contribution >= 4 is 77.7 Å². The monoisotopic (exact) mass is 962 g/mol. The summed E-state index contributed by atoms with van der Waals surface area (Å²) in [6.45, 7) is 24.0. The first-order chi connectivity index (χ1) is 27.6. The van der Waals surface area contributed by atoms with E-state index >= 15 is 0 Å². The van der Waals surface area contributed by atoms with Gasteiger partial charge in [0.25, 0.3) is 11.8 Å². The molecule has 2 aliphatic heterocycles. The molecule has 328 valence electrons. The molecular formula is C50H80Br2N2O2S2. The van der Waals surface area contributed by atoms with E-state index in [0.717, 1.165) is 54.4 Å². The molecule has 2 aromatic rings. The maximum Gasteiger partial charge on any atom is 0.261 e. The molecule has 2 amide bonds. The molecule has 0 bridgehead atoms. The summed E-state index contributed by atoms with van der Waals surface area (Å²) in [5.74, 6) is 0.883. The van der Waals surface area contributed by atoms with E-state index in [1.54, 1.807) is 22.7 Å². The van der Waals surface area contributed by atoms with Crippen molar-refractivity contribution in [3.8, 4) is 0 Å². The van der Waals surface area contributed by atoms with Crippen LogP contribution >= 0.6 is 54.5 Å². The summed E-state index contributed by atoms with van der Waals surface area (Å²) in [4.78, 5) is 36.0. The van der Waals surface area contributed by atoms with Crippen LogP contribution in [0.1, 0.15) is 207 Å². The van der Waals surface area contributed by atoms with Crippen LogP contribution in [0, 0.1) is 22.7 Å². The Hall–Kier alpha value is -1.22. The van der Waals surface area contributed by atoms with Crippen LogP contribution < -0.4 is 0 Å². The normalized spacial score (nSPS) is 14.9. The van der Waals surface area contributed by atoms with Crippen LogP contribution in [0.15, 0.2) is 43.0 Å². The van der Waals surface area contributed by atoms with Crippen LogP contribution in [0.4, 0.5) is 0 Å². The molecule has 8 heteroatoms. The minimum atomic E-state index is 0.0180. The first-order valence-electron chi connectivity index (χ1n) is 23.2. The molecule has 2 aliphatic rings. The molecule has 4 heterocycles. The SMILES string of the molecule is CC(C)(C)C(C)(C)C.CCCCCCC(CCCCCC)CN1C(=O)C2=C(c3ccc(Br)s3)N(CC(CCCCCC)CCCCCC)C(=O)C2=C1c1ccc(Br)s1. The van der Waals surface area contributed by atoms with E-state index in [0.29, 0.717) is 46.9 Å². The van der Waals surface area contributed by atoms with Gasteiger partial charge < -0.3 is 9.80 Å². The summed E-state index contributed by atoms with van der Waals surface area (Å²) in [6, 6.07) is 8.31. The van der Waals surface area contributed by atoms with Crippen LogP contribution in [-0.4, -0.2) is 34.7 Å². The van der Waals surface area contributed by atoms with Gasteiger partial charge >= 0.3 is 0 Å². The Morgan fingerprint density at radius 1 is 0.483 bits per heavy atom. The number of rotatable bonds is 26. The minimum Gasteiger partial charge on any atom is -0.306 e. The lowest BCUT2D eigenvalue weighted by atomic mass is 9.71. The molecule has 4 rings (SSSR count). The van der Waals surface area contributed by atoms with Crippen molar-refractivity contribution in [2.75, 3.05) is 13.1 Å². The summed E-state index contributed by atoms with van der Waals surface area (Å²) in [5.41, 5.74) is 3.83. The first-order valence-corrected chi connectivity index (χ1v) is 26.4. The standard InChI is InChI=1S/C42H62Br2N2O2S2.C8H18/c1-5-9-13-17-21-31(22-18-14-10-6-2)29-45-39(33-25-27-35(43)49-33)37-38(41(45)47)40(34-26-28-36(44)50-34)46(42(37)48)30-32(23-19-15-11-7-3)24-20-16-12-8-4;1-7(2,3)8(4,5)6/h25-28,31-32H,5-24,29-30H2,1-4H3;1-6H3. The van der Waals surface area contributed by atoms with Crippen LogP contribution in [0.3, 0.4) is 0 Å². The predicted molar refractivity (Wildman–Crippen MR) is 262 cm³/mol. The van der Waals surface area contributed by atoms with Crippen LogP contribution in [0.2, 0.25) is 0 Å². The second kappa shape index (κ2) is 25.7. The van der Waals surface area contributed by atoms with E-state index in [-0.39, 0.29) is 11.8 Å². The van der Waals surface area contributed by atoms with Gasteiger partial charge in [-0.25, -0.2) is 0 Å². The summed E-state index contributed by atoms with van der Waals surface area (Å²) in [5, 5.41) is 0. The number of unbranched alkanes of at least 4 members (excludes halogenated alkanes) is 12. The molecule has 0 aromatic carbocycles.